The lowest BCUT2D eigenvalue weighted by Crippen LogP contribution is -2.41. The zero-order chi connectivity index (χ0) is 16.2. The van der Waals surface area contributed by atoms with E-state index in [2.05, 4.69) is 10.2 Å². The lowest BCUT2D eigenvalue weighted by Gasteiger charge is -2.29. The van der Waals surface area contributed by atoms with Gasteiger partial charge in [-0.25, -0.2) is 0 Å². The maximum Gasteiger partial charge on any atom is 0.222 e. The molecule has 1 aliphatic rings. The number of likely N-dealkylation sites (N-methyl/N-ethyl adjacent to an activating group) is 1. The fraction of sp³-hybridized carbons (Fsp3) is 0.438. The fourth-order valence-electron chi connectivity index (χ4n) is 2.50. The Labute approximate surface area is 134 Å². The van der Waals surface area contributed by atoms with Gasteiger partial charge < -0.3 is 18.9 Å². The van der Waals surface area contributed by atoms with E-state index >= 15 is 0 Å². The summed E-state index contributed by atoms with van der Waals surface area (Å²) in [4.78, 5) is 13.9. The minimum absolute atomic E-state index is 0.0514. The molecule has 122 valence electrons. The van der Waals surface area contributed by atoms with Crippen molar-refractivity contribution in [3.8, 4) is 11.5 Å². The molecule has 1 aromatic carbocycles. The molecule has 0 saturated carbocycles. The second-order valence-electron chi connectivity index (χ2n) is 5.63. The van der Waals surface area contributed by atoms with E-state index < -0.39 is 0 Å². The molecule has 7 nitrogen and oxygen atoms in total. The number of aromatic nitrogens is 3. The van der Waals surface area contributed by atoms with Crippen molar-refractivity contribution in [2.24, 2.45) is 7.05 Å². The van der Waals surface area contributed by atoms with E-state index in [1.54, 1.807) is 18.3 Å². The first kappa shape index (κ1) is 15.3. The summed E-state index contributed by atoms with van der Waals surface area (Å²) in [5, 5.41) is 7.80. The Morgan fingerprint density at radius 2 is 2.17 bits per heavy atom. The quantitative estimate of drug-likeness (QED) is 0.824. The van der Waals surface area contributed by atoms with Gasteiger partial charge in [0.2, 0.25) is 5.91 Å². The molecule has 0 fully saturated rings. The minimum atomic E-state index is -0.159. The van der Waals surface area contributed by atoms with Crippen molar-refractivity contribution in [3.63, 3.8) is 0 Å². The summed E-state index contributed by atoms with van der Waals surface area (Å²) in [5.74, 6) is 2.33. The number of rotatable bonds is 5. The van der Waals surface area contributed by atoms with Gasteiger partial charge >= 0.3 is 0 Å². The molecule has 0 spiro atoms. The van der Waals surface area contributed by atoms with Crippen LogP contribution >= 0.6 is 0 Å². The number of hydrogen-bond donors (Lipinski definition) is 0. The van der Waals surface area contributed by atoms with Crippen LogP contribution in [0.3, 0.4) is 0 Å². The largest absolute Gasteiger partial charge is 0.486 e. The Hall–Kier alpha value is -2.57. The number of benzene rings is 1. The SMILES string of the molecule is CN(C[C@@H]1COc2ccccc2O1)C(=O)CCc1nncn1C. The zero-order valence-electron chi connectivity index (χ0n) is 13.3. The predicted molar refractivity (Wildman–Crippen MR) is 83.3 cm³/mol. The highest BCUT2D eigenvalue weighted by molar-refractivity contribution is 5.76. The molecule has 0 aliphatic carbocycles. The number of amides is 1. The van der Waals surface area contributed by atoms with Crippen LogP contribution in [0.1, 0.15) is 12.2 Å². The number of carbonyl (C=O) groups excluding carboxylic acids is 1. The highest BCUT2D eigenvalue weighted by Crippen LogP contribution is 2.30. The summed E-state index contributed by atoms with van der Waals surface area (Å²) < 4.78 is 13.4. The van der Waals surface area contributed by atoms with Crippen molar-refractivity contribution in [1.82, 2.24) is 19.7 Å². The Kier molecular flexibility index (Phi) is 4.45. The normalized spacial score (nSPS) is 16.2. The third kappa shape index (κ3) is 3.61. The molecule has 1 atom stereocenters. The number of aryl methyl sites for hydroxylation is 2. The molecule has 7 heteroatoms. The van der Waals surface area contributed by atoms with Gasteiger partial charge in [0.25, 0.3) is 0 Å². The van der Waals surface area contributed by atoms with Crippen LogP contribution in [-0.4, -0.2) is 51.9 Å². The van der Waals surface area contributed by atoms with Gasteiger partial charge in [0.1, 0.15) is 18.8 Å². The number of carbonyl (C=O) groups is 1. The van der Waals surface area contributed by atoms with E-state index in [0.29, 0.717) is 26.0 Å². The van der Waals surface area contributed by atoms with Gasteiger partial charge in [0, 0.05) is 26.9 Å². The first-order valence-electron chi connectivity index (χ1n) is 7.59. The van der Waals surface area contributed by atoms with E-state index in [-0.39, 0.29) is 12.0 Å². The molecule has 0 radical (unpaired) electrons. The molecular weight excluding hydrogens is 296 g/mol. The Bertz CT molecular complexity index is 685. The molecule has 0 N–H and O–H groups in total. The molecular formula is C16H20N4O3. The lowest BCUT2D eigenvalue weighted by atomic mass is 10.2. The molecule has 1 aromatic heterocycles. The number of hydrogen-bond acceptors (Lipinski definition) is 5. The third-order valence-electron chi connectivity index (χ3n) is 3.84. The van der Waals surface area contributed by atoms with Gasteiger partial charge in [-0.2, -0.15) is 0 Å². The minimum Gasteiger partial charge on any atom is -0.486 e. The first-order valence-corrected chi connectivity index (χ1v) is 7.59. The van der Waals surface area contributed by atoms with Crippen LogP contribution in [0.4, 0.5) is 0 Å². The summed E-state index contributed by atoms with van der Waals surface area (Å²) >= 11 is 0. The van der Waals surface area contributed by atoms with Crippen LogP contribution in [0.2, 0.25) is 0 Å². The zero-order valence-corrected chi connectivity index (χ0v) is 13.3. The lowest BCUT2D eigenvalue weighted by molar-refractivity contribution is -0.131. The summed E-state index contributed by atoms with van der Waals surface area (Å²) in [6.45, 7) is 0.934. The molecule has 1 aliphatic heterocycles. The average Bonchev–Trinajstić information content (AvgIpc) is 2.97. The maximum atomic E-state index is 12.2. The third-order valence-corrected chi connectivity index (χ3v) is 3.84. The van der Waals surface area contributed by atoms with Crippen LogP contribution in [0.25, 0.3) is 0 Å². The molecule has 0 saturated heterocycles. The molecule has 23 heavy (non-hydrogen) atoms. The van der Waals surface area contributed by atoms with Gasteiger partial charge in [-0.1, -0.05) is 12.1 Å². The highest BCUT2D eigenvalue weighted by atomic mass is 16.6. The summed E-state index contributed by atoms with van der Waals surface area (Å²) in [6.07, 6.45) is 2.44. The topological polar surface area (TPSA) is 69.5 Å². The summed E-state index contributed by atoms with van der Waals surface area (Å²) in [5.41, 5.74) is 0. The Morgan fingerprint density at radius 3 is 2.91 bits per heavy atom. The average molecular weight is 316 g/mol. The van der Waals surface area contributed by atoms with Crippen molar-refractivity contribution >= 4 is 5.91 Å². The van der Waals surface area contributed by atoms with Crippen LogP contribution < -0.4 is 9.47 Å². The van der Waals surface area contributed by atoms with E-state index in [9.17, 15) is 4.79 Å². The van der Waals surface area contributed by atoms with Crippen LogP contribution in [0.5, 0.6) is 11.5 Å². The fourth-order valence-corrected chi connectivity index (χ4v) is 2.50. The first-order chi connectivity index (χ1) is 11.1. The van der Waals surface area contributed by atoms with Crippen molar-refractivity contribution < 1.29 is 14.3 Å². The molecule has 1 amide bonds. The second-order valence-corrected chi connectivity index (χ2v) is 5.63. The van der Waals surface area contributed by atoms with Crippen LogP contribution in [0, 0.1) is 0 Å². The number of para-hydroxylation sites is 2. The number of fused-ring (bicyclic) bond motifs is 1. The van der Waals surface area contributed by atoms with Crippen molar-refractivity contribution in [1.29, 1.82) is 0 Å². The molecule has 0 unspecified atom stereocenters. The van der Waals surface area contributed by atoms with Crippen molar-refractivity contribution in [3.05, 3.63) is 36.4 Å². The molecule has 2 aromatic rings. The molecule has 0 bridgehead atoms. The van der Waals surface area contributed by atoms with Gasteiger partial charge in [0.15, 0.2) is 17.6 Å². The van der Waals surface area contributed by atoms with Gasteiger partial charge in [-0.05, 0) is 12.1 Å². The smallest absolute Gasteiger partial charge is 0.222 e. The van der Waals surface area contributed by atoms with Crippen molar-refractivity contribution in [2.45, 2.75) is 18.9 Å². The van der Waals surface area contributed by atoms with Crippen LogP contribution in [0.15, 0.2) is 30.6 Å². The number of ether oxygens (including phenoxy) is 2. The van der Waals surface area contributed by atoms with E-state index in [0.717, 1.165) is 17.3 Å². The summed E-state index contributed by atoms with van der Waals surface area (Å²) in [7, 11) is 3.65. The highest BCUT2D eigenvalue weighted by Gasteiger charge is 2.23. The van der Waals surface area contributed by atoms with Crippen molar-refractivity contribution in [2.75, 3.05) is 20.2 Å². The van der Waals surface area contributed by atoms with E-state index in [4.69, 9.17) is 9.47 Å². The second kappa shape index (κ2) is 6.68. The predicted octanol–water partition coefficient (Wildman–Crippen LogP) is 1.05. The molecule has 2 heterocycles. The van der Waals surface area contributed by atoms with Gasteiger partial charge in [-0.15, -0.1) is 10.2 Å². The van der Waals surface area contributed by atoms with Gasteiger partial charge in [0.05, 0.1) is 6.54 Å². The van der Waals surface area contributed by atoms with Crippen LogP contribution in [-0.2, 0) is 18.3 Å². The van der Waals surface area contributed by atoms with Gasteiger partial charge in [-0.3, -0.25) is 4.79 Å². The number of nitrogens with zero attached hydrogens (tertiary/aromatic N) is 4. The Morgan fingerprint density at radius 1 is 1.39 bits per heavy atom. The maximum absolute atomic E-state index is 12.2. The monoisotopic (exact) mass is 316 g/mol. The van der Waals surface area contributed by atoms with E-state index in [1.807, 2.05) is 35.9 Å². The standard InChI is InChI=1S/C16H20N4O3/c1-19(16(21)8-7-15-18-17-11-20(15)2)9-12-10-22-13-5-3-4-6-14(13)23-12/h3-6,11-12H,7-10H2,1-2H3/t12-/m1/s1. The Balaban J connectivity index is 1.50. The molecule has 3 rings (SSSR count). The summed E-state index contributed by atoms with van der Waals surface area (Å²) in [6, 6.07) is 7.56. The van der Waals surface area contributed by atoms with E-state index in [1.165, 1.54) is 0 Å².